The molecule has 0 aliphatic carbocycles. The average molecular weight is 341 g/mol. The Bertz CT molecular complexity index is 684. The zero-order chi connectivity index (χ0) is 18.2. The number of aryl methyl sites for hydroxylation is 1. The summed E-state index contributed by atoms with van der Waals surface area (Å²) in [5.74, 6) is 0. The number of carbonyl (C=O) groups excluding carboxylic acids is 1. The normalized spacial score (nSPS) is 11.7. The van der Waals surface area contributed by atoms with Gasteiger partial charge in [0.25, 0.3) is 0 Å². The molecule has 0 bridgehead atoms. The largest absolute Gasteiger partial charge is 0.387 e. The van der Waals surface area contributed by atoms with Gasteiger partial charge in [0.1, 0.15) is 0 Å². The van der Waals surface area contributed by atoms with Gasteiger partial charge in [0.2, 0.25) is 0 Å². The lowest BCUT2D eigenvalue weighted by Gasteiger charge is -2.15. The minimum absolute atomic E-state index is 0.189. The highest BCUT2D eigenvalue weighted by Crippen LogP contribution is 2.16. The number of rotatable bonds is 7. The molecule has 2 rings (SSSR count). The van der Waals surface area contributed by atoms with Gasteiger partial charge in [-0.05, 0) is 42.2 Å². The molecule has 1 atom stereocenters. The molecule has 0 heterocycles. The van der Waals surface area contributed by atoms with Crippen LogP contribution in [-0.2, 0) is 6.42 Å². The maximum atomic E-state index is 11.9. The van der Waals surface area contributed by atoms with Gasteiger partial charge in [0.05, 0.1) is 6.10 Å². The van der Waals surface area contributed by atoms with E-state index in [1.54, 1.807) is 0 Å². The number of amides is 2. The standard InChI is InChI=1S/C20H27N3O2/c1-15-6-4-5-7-18(15)19(24)14-22-20(25)21-13-12-16-8-10-17(11-9-16)23(2)3/h4-11,19,24H,12-14H2,1-3H3,(H2,21,22,25). The number of anilines is 1. The van der Waals surface area contributed by atoms with Gasteiger partial charge < -0.3 is 20.6 Å². The molecule has 0 aliphatic heterocycles. The first-order chi connectivity index (χ1) is 12.0. The number of benzene rings is 2. The van der Waals surface area contributed by atoms with Crippen LogP contribution < -0.4 is 15.5 Å². The van der Waals surface area contributed by atoms with Gasteiger partial charge in [-0.2, -0.15) is 0 Å². The molecule has 2 aromatic carbocycles. The molecule has 5 heteroatoms. The third-order valence-corrected chi connectivity index (χ3v) is 4.16. The fraction of sp³-hybridized carbons (Fsp3) is 0.350. The molecule has 5 nitrogen and oxygen atoms in total. The molecular weight excluding hydrogens is 314 g/mol. The van der Waals surface area contributed by atoms with E-state index < -0.39 is 6.10 Å². The topological polar surface area (TPSA) is 64.6 Å². The lowest BCUT2D eigenvalue weighted by Crippen LogP contribution is -2.38. The second-order valence-corrected chi connectivity index (χ2v) is 6.32. The number of hydrogen-bond donors (Lipinski definition) is 3. The first-order valence-electron chi connectivity index (χ1n) is 8.49. The molecule has 0 aliphatic rings. The van der Waals surface area contributed by atoms with Crippen molar-refractivity contribution in [3.63, 3.8) is 0 Å². The minimum atomic E-state index is -0.703. The molecule has 25 heavy (non-hydrogen) atoms. The van der Waals surface area contributed by atoms with Crippen LogP contribution >= 0.6 is 0 Å². The third kappa shape index (κ3) is 5.80. The SMILES string of the molecule is Cc1ccccc1C(O)CNC(=O)NCCc1ccc(N(C)C)cc1. The zero-order valence-electron chi connectivity index (χ0n) is 15.1. The van der Waals surface area contributed by atoms with E-state index in [1.165, 1.54) is 5.56 Å². The van der Waals surface area contributed by atoms with E-state index in [0.29, 0.717) is 6.54 Å². The van der Waals surface area contributed by atoms with Crippen molar-refractivity contribution in [3.8, 4) is 0 Å². The Labute approximate surface area is 149 Å². The Morgan fingerprint density at radius 3 is 2.40 bits per heavy atom. The van der Waals surface area contributed by atoms with Crippen molar-refractivity contribution < 1.29 is 9.90 Å². The molecule has 0 radical (unpaired) electrons. The summed E-state index contributed by atoms with van der Waals surface area (Å²) in [4.78, 5) is 13.9. The number of nitrogens with one attached hydrogen (secondary N) is 2. The summed E-state index contributed by atoms with van der Waals surface area (Å²) < 4.78 is 0. The van der Waals surface area contributed by atoms with Crippen molar-refractivity contribution in [1.82, 2.24) is 10.6 Å². The molecule has 3 N–H and O–H groups in total. The fourth-order valence-electron chi connectivity index (χ4n) is 2.60. The minimum Gasteiger partial charge on any atom is -0.387 e. The summed E-state index contributed by atoms with van der Waals surface area (Å²) >= 11 is 0. The van der Waals surface area contributed by atoms with Crippen LogP contribution in [0.3, 0.4) is 0 Å². The number of aliphatic hydroxyl groups is 1. The highest BCUT2D eigenvalue weighted by atomic mass is 16.3. The molecule has 0 saturated heterocycles. The van der Waals surface area contributed by atoms with Crippen LogP contribution in [0.4, 0.5) is 10.5 Å². The maximum Gasteiger partial charge on any atom is 0.314 e. The van der Waals surface area contributed by atoms with E-state index in [0.717, 1.165) is 23.2 Å². The fourth-order valence-corrected chi connectivity index (χ4v) is 2.60. The monoisotopic (exact) mass is 341 g/mol. The van der Waals surface area contributed by atoms with E-state index >= 15 is 0 Å². The Hall–Kier alpha value is -2.53. The summed E-state index contributed by atoms with van der Waals surface area (Å²) in [6.07, 6.45) is 0.0621. The molecule has 2 aromatic rings. The summed E-state index contributed by atoms with van der Waals surface area (Å²) in [6.45, 7) is 2.68. The summed E-state index contributed by atoms with van der Waals surface area (Å²) in [5.41, 5.74) is 4.17. The van der Waals surface area contributed by atoms with Gasteiger partial charge in [-0.15, -0.1) is 0 Å². The van der Waals surface area contributed by atoms with Gasteiger partial charge in [0.15, 0.2) is 0 Å². The van der Waals surface area contributed by atoms with E-state index in [4.69, 9.17) is 0 Å². The molecule has 0 saturated carbocycles. The quantitative estimate of drug-likeness (QED) is 0.725. The summed E-state index contributed by atoms with van der Waals surface area (Å²) in [6, 6.07) is 15.6. The van der Waals surface area contributed by atoms with E-state index in [9.17, 15) is 9.90 Å². The lowest BCUT2D eigenvalue weighted by molar-refractivity contribution is 0.172. The highest BCUT2D eigenvalue weighted by Gasteiger charge is 2.11. The van der Waals surface area contributed by atoms with Crippen molar-refractivity contribution in [3.05, 3.63) is 65.2 Å². The molecule has 0 fully saturated rings. The van der Waals surface area contributed by atoms with Crippen molar-refractivity contribution in [2.24, 2.45) is 0 Å². The van der Waals surface area contributed by atoms with Crippen LogP contribution in [0.15, 0.2) is 48.5 Å². The molecule has 0 aromatic heterocycles. The average Bonchev–Trinajstić information content (AvgIpc) is 2.60. The Balaban J connectivity index is 1.71. The van der Waals surface area contributed by atoms with Gasteiger partial charge in [-0.25, -0.2) is 4.79 Å². The Kier molecular flexibility index (Phi) is 6.83. The third-order valence-electron chi connectivity index (χ3n) is 4.16. The molecule has 0 spiro atoms. The van der Waals surface area contributed by atoms with Crippen molar-refractivity contribution >= 4 is 11.7 Å². The van der Waals surface area contributed by atoms with E-state index in [2.05, 4.69) is 39.8 Å². The number of hydrogen-bond acceptors (Lipinski definition) is 3. The van der Waals surface area contributed by atoms with E-state index in [1.807, 2.05) is 45.3 Å². The van der Waals surface area contributed by atoms with Crippen molar-refractivity contribution in [2.75, 3.05) is 32.1 Å². The van der Waals surface area contributed by atoms with Gasteiger partial charge in [-0.1, -0.05) is 36.4 Å². The number of carbonyl (C=O) groups is 1. The molecule has 134 valence electrons. The first-order valence-corrected chi connectivity index (χ1v) is 8.49. The van der Waals surface area contributed by atoms with Crippen LogP contribution in [-0.4, -0.2) is 38.3 Å². The maximum absolute atomic E-state index is 11.9. The second-order valence-electron chi connectivity index (χ2n) is 6.32. The summed E-state index contributed by atoms with van der Waals surface area (Å²) in [7, 11) is 4.01. The molecule has 1 unspecified atom stereocenters. The molecular formula is C20H27N3O2. The molecule has 2 amide bonds. The highest BCUT2D eigenvalue weighted by molar-refractivity contribution is 5.73. The number of nitrogens with zero attached hydrogens (tertiary/aromatic N) is 1. The smallest absolute Gasteiger partial charge is 0.314 e. The van der Waals surface area contributed by atoms with Gasteiger partial charge >= 0.3 is 6.03 Å². The van der Waals surface area contributed by atoms with Crippen molar-refractivity contribution in [1.29, 1.82) is 0 Å². The van der Waals surface area contributed by atoms with Crippen LogP contribution in [0.25, 0.3) is 0 Å². The van der Waals surface area contributed by atoms with Crippen LogP contribution in [0, 0.1) is 6.92 Å². The number of aliphatic hydroxyl groups excluding tert-OH is 1. The predicted octanol–water partition coefficient (Wildman–Crippen LogP) is 2.64. The summed E-state index contributed by atoms with van der Waals surface area (Å²) in [5, 5.41) is 15.7. The van der Waals surface area contributed by atoms with E-state index in [-0.39, 0.29) is 12.6 Å². The Morgan fingerprint density at radius 2 is 1.76 bits per heavy atom. The number of urea groups is 1. The van der Waals surface area contributed by atoms with Gasteiger partial charge in [-0.3, -0.25) is 0 Å². The zero-order valence-corrected chi connectivity index (χ0v) is 15.1. The lowest BCUT2D eigenvalue weighted by atomic mass is 10.0. The predicted molar refractivity (Wildman–Crippen MR) is 102 cm³/mol. The van der Waals surface area contributed by atoms with Crippen LogP contribution in [0.5, 0.6) is 0 Å². The van der Waals surface area contributed by atoms with Crippen LogP contribution in [0.1, 0.15) is 22.8 Å². The van der Waals surface area contributed by atoms with Gasteiger partial charge in [0, 0.05) is 32.9 Å². The first kappa shape index (κ1) is 18.8. The second kappa shape index (κ2) is 9.08. The van der Waals surface area contributed by atoms with Crippen LogP contribution in [0.2, 0.25) is 0 Å². The Morgan fingerprint density at radius 1 is 1.08 bits per heavy atom. The van der Waals surface area contributed by atoms with Crippen molar-refractivity contribution in [2.45, 2.75) is 19.4 Å².